The molecule has 0 saturated carbocycles. The Morgan fingerprint density at radius 1 is 1.53 bits per heavy atom. The number of amides is 1. The molecule has 0 spiro atoms. The molecule has 1 aromatic rings. The topological polar surface area (TPSA) is 52.9 Å². The van der Waals surface area contributed by atoms with Crippen molar-refractivity contribution in [2.24, 2.45) is 0 Å². The van der Waals surface area contributed by atoms with Gasteiger partial charge in [-0.1, -0.05) is 18.1 Å². The molecule has 84 valence electrons. The lowest BCUT2D eigenvalue weighted by atomic mass is 10.0. The average Bonchev–Trinajstić information content (AvgIpc) is 2.73. The van der Waals surface area contributed by atoms with Crippen LogP contribution in [-0.4, -0.2) is 5.91 Å². The summed E-state index contributed by atoms with van der Waals surface area (Å²) < 4.78 is 0. The van der Waals surface area contributed by atoms with E-state index in [1.807, 2.05) is 18.2 Å². The van der Waals surface area contributed by atoms with E-state index in [1.54, 1.807) is 6.92 Å². The van der Waals surface area contributed by atoms with Gasteiger partial charge in [-0.25, -0.2) is 0 Å². The molecule has 17 heavy (non-hydrogen) atoms. The maximum Gasteiger partial charge on any atom is 0.296 e. The Bertz CT molecular complexity index is 558. The number of nitrogens with one attached hydrogen (secondary N) is 1. The summed E-state index contributed by atoms with van der Waals surface area (Å²) in [5.74, 6) is 4.78. The molecule has 0 aliphatic heterocycles. The zero-order valence-electron chi connectivity index (χ0n) is 9.58. The molecule has 3 heteroatoms. The van der Waals surface area contributed by atoms with Crippen LogP contribution in [0.25, 0.3) is 0 Å². The van der Waals surface area contributed by atoms with E-state index in [9.17, 15) is 4.79 Å². The molecular formula is C14H12N2O. The van der Waals surface area contributed by atoms with Crippen LogP contribution in [0.5, 0.6) is 0 Å². The van der Waals surface area contributed by atoms with Crippen LogP contribution in [0.3, 0.4) is 0 Å². The lowest BCUT2D eigenvalue weighted by Crippen LogP contribution is -2.25. The molecule has 0 bridgehead atoms. The Morgan fingerprint density at radius 2 is 2.35 bits per heavy atom. The Balaban J connectivity index is 2.25. The van der Waals surface area contributed by atoms with Crippen LogP contribution < -0.4 is 5.32 Å². The predicted molar refractivity (Wildman–Crippen MR) is 63.8 cm³/mol. The van der Waals surface area contributed by atoms with Crippen LogP contribution in [0.2, 0.25) is 0 Å². The molecule has 3 nitrogen and oxygen atoms in total. The number of nitrogens with zero attached hydrogens (tertiary/aromatic N) is 1. The highest BCUT2D eigenvalue weighted by Crippen LogP contribution is 2.32. The highest BCUT2D eigenvalue weighted by Gasteiger charge is 2.25. The Hall–Kier alpha value is -2.26. The van der Waals surface area contributed by atoms with E-state index in [0.29, 0.717) is 5.56 Å². The van der Waals surface area contributed by atoms with E-state index < -0.39 is 0 Å². The lowest BCUT2D eigenvalue weighted by molar-refractivity contribution is -0.116. The van der Waals surface area contributed by atoms with Gasteiger partial charge in [0.2, 0.25) is 0 Å². The second kappa shape index (κ2) is 4.72. The Labute approximate surface area is 100 Å². The third kappa shape index (κ3) is 2.14. The molecule has 0 unspecified atom stereocenters. The van der Waals surface area contributed by atoms with Crippen molar-refractivity contribution in [3.05, 3.63) is 34.9 Å². The molecular weight excluding hydrogens is 212 g/mol. The van der Waals surface area contributed by atoms with Crippen molar-refractivity contribution < 1.29 is 4.79 Å². The smallest absolute Gasteiger partial charge is 0.296 e. The number of rotatable bonds is 1. The summed E-state index contributed by atoms with van der Waals surface area (Å²) in [4.78, 5) is 11.4. The van der Waals surface area contributed by atoms with Crippen LogP contribution in [-0.2, 0) is 11.2 Å². The molecule has 0 saturated heterocycles. The van der Waals surface area contributed by atoms with Gasteiger partial charge in [0.05, 0.1) is 17.7 Å². The fourth-order valence-corrected chi connectivity index (χ4v) is 2.22. The fourth-order valence-electron chi connectivity index (χ4n) is 2.22. The van der Waals surface area contributed by atoms with Crippen molar-refractivity contribution in [2.45, 2.75) is 25.8 Å². The zero-order valence-corrected chi connectivity index (χ0v) is 9.58. The summed E-state index contributed by atoms with van der Waals surface area (Å²) in [5, 5.41) is 11.9. The normalized spacial score (nSPS) is 16.4. The summed E-state index contributed by atoms with van der Waals surface area (Å²) >= 11 is 0. The van der Waals surface area contributed by atoms with Crippen molar-refractivity contribution in [3.8, 4) is 17.9 Å². The molecule has 1 atom stereocenters. The largest absolute Gasteiger partial charge is 0.338 e. The van der Waals surface area contributed by atoms with E-state index in [4.69, 9.17) is 5.26 Å². The van der Waals surface area contributed by atoms with Crippen LogP contribution in [0.4, 0.5) is 0 Å². The highest BCUT2D eigenvalue weighted by atomic mass is 16.1. The van der Waals surface area contributed by atoms with Gasteiger partial charge in [0.25, 0.3) is 5.91 Å². The minimum atomic E-state index is -0.257. The van der Waals surface area contributed by atoms with Crippen molar-refractivity contribution in [3.63, 3.8) is 0 Å². The molecule has 0 radical (unpaired) electrons. The van der Waals surface area contributed by atoms with Crippen molar-refractivity contribution in [1.29, 1.82) is 5.26 Å². The number of hydrogen-bond acceptors (Lipinski definition) is 2. The van der Waals surface area contributed by atoms with Crippen LogP contribution in [0.15, 0.2) is 18.2 Å². The van der Waals surface area contributed by atoms with E-state index >= 15 is 0 Å². The first-order valence-corrected chi connectivity index (χ1v) is 5.51. The van der Waals surface area contributed by atoms with Gasteiger partial charge in [0.15, 0.2) is 0 Å². The number of carbonyl (C=O) groups is 1. The fraction of sp³-hybridized carbons (Fsp3) is 0.286. The van der Waals surface area contributed by atoms with E-state index in [0.717, 1.165) is 24.0 Å². The van der Waals surface area contributed by atoms with Gasteiger partial charge < -0.3 is 5.32 Å². The number of nitriles is 1. The SMILES string of the molecule is CC#CC(=O)N[C@@H]1CCc2c(C#N)cccc21. The summed E-state index contributed by atoms with van der Waals surface area (Å²) in [5.41, 5.74) is 2.82. The molecule has 1 aliphatic carbocycles. The molecule has 1 amide bonds. The van der Waals surface area contributed by atoms with E-state index in [2.05, 4.69) is 23.2 Å². The van der Waals surface area contributed by atoms with Gasteiger partial charge in [0, 0.05) is 0 Å². The first-order chi connectivity index (χ1) is 8.26. The Kier molecular flexibility index (Phi) is 3.12. The van der Waals surface area contributed by atoms with Crippen molar-refractivity contribution in [1.82, 2.24) is 5.32 Å². The van der Waals surface area contributed by atoms with Gasteiger partial charge in [-0.15, -0.1) is 0 Å². The Morgan fingerprint density at radius 3 is 3.06 bits per heavy atom. The van der Waals surface area contributed by atoms with Crippen molar-refractivity contribution >= 4 is 5.91 Å². The minimum absolute atomic E-state index is 0.00773. The van der Waals surface area contributed by atoms with Gasteiger partial charge in [0.1, 0.15) is 0 Å². The third-order valence-electron chi connectivity index (χ3n) is 2.93. The highest BCUT2D eigenvalue weighted by molar-refractivity contribution is 5.93. The lowest BCUT2D eigenvalue weighted by Gasteiger charge is -2.11. The number of benzene rings is 1. The predicted octanol–water partition coefficient (Wildman–Crippen LogP) is 1.69. The standard InChI is InChI=1S/C14H12N2O/c1-2-4-14(17)16-13-8-7-11-10(9-15)5-3-6-12(11)13/h3,5-6,13H,7-8H2,1H3,(H,16,17)/t13-/m1/s1. The monoisotopic (exact) mass is 224 g/mol. The molecule has 2 rings (SSSR count). The molecule has 1 aliphatic rings. The van der Waals surface area contributed by atoms with Gasteiger partial charge in [-0.3, -0.25) is 4.79 Å². The minimum Gasteiger partial charge on any atom is -0.338 e. The third-order valence-corrected chi connectivity index (χ3v) is 2.93. The number of fused-ring (bicyclic) bond motifs is 1. The summed E-state index contributed by atoms with van der Waals surface area (Å²) in [6.45, 7) is 1.63. The van der Waals surface area contributed by atoms with Crippen LogP contribution >= 0.6 is 0 Å². The number of hydrogen-bond donors (Lipinski definition) is 1. The molecule has 0 fully saturated rings. The quantitative estimate of drug-likeness (QED) is 0.738. The maximum atomic E-state index is 11.4. The van der Waals surface area contributed by atoms with Crippen LogP contribution in [0.1, 0.15) is 36.1 Å². The molecule has 0 aromatic heterocycles. The molecule has 0 heterocycles. The molecule has 1 aromatic carbocycles. The van der Waals surface area contributed by atoms with Crippen LogP contribution in [0, 0.1) is 23.2 Å². The second-order valence-electron chi connectivity index (χ2n) is 3.92. The zero-order chi connectivity index (χ0) is 12.3. The van der Waals surface area contributed by atoms with Crippen molar-refractivity contribution in [2.75, 3.05) is 0 Å². The summed E-state index contributed by atoms with van der Waals surface area (Å²) in [6.07, 6.45) is 1.68. The summed E-state index contributed by atoms with van der Waals surface area (Å²) in [6, 6.07) is 7.81. The van der Waals surface area contributed by atoms with E-state index in [1.165, 1.54) is 0 Å². The first-order valence-electron chi connectivity index (χ1n) is 5.51. The molecule has 1 N–H and O–H groups in total. The van der Waals surface area contributed by atoms with Gasteiger partial charge >= 0.3 is 0 Å². The first kappa shape index (κ1) is 11.2. The van der Waals surface area contributed by atoms with E-state index in [-0.39, 0.29) is 11.9 Å². The second-order valence-corrected chi connectivity index (χ2v) is 3.92. The van der Waals surface area contributed by atoms with Gasteiger partial charge in [-0.2, -0.15) is 5.26 Å². The number of carbonyl (C=O) groups excluding carboxylic acids is 1. The maximum absolute atomic E-state index is 11.4. The van der Waals surface area contributed by atoms with Gasteiger partial charge in [-0.05, 0) is 42.9 Å². The average molecular weight is 224 g/mol. The summed E-state index contributed by atoms with van der Waals surface area (Å²) in [7, 11) is 0.